The van der Waals surface area contributed by atoms with Crippen molar-refractivity contribution in [2.75, 3.05) is 6.54 Å². The number of hydrogen-bond acceptors (Lipinski definition) is 3. The van der Waals surface area contributed by atoms with Gasteiger partial charge in [-0.3, -0.25) is 4.79 Å². The van der Waals surface area contributed by atoms with Crippen molar-refractivity contribution in [3.63, 3.8) is 0 Å². The lowest BCUT2D eigenvalue weighted by Gasteiger charge is -1.98. The molecule has 0 aliphatic heterocycles. The molecule has 1 aromatic rings. The average Bonchev–Trinajstić information content (AvgIpc) is 2.24. The number of phenols is 1. The maximum absolute atomic E-state index is 10.6. The van der Waals surface area contributed by atoms with E-state index >= 15 is 0 Å². The third-order valence-electron chi connectivity index (χ3n) is 1.92. The van der Waals surface area contributed by atoms with E-state index in [4.69, 9.17) is 5.26 Å². The van der Waals surface area contributed by atoms with Crippen LogP contribution in [0.4, 0.5) is 0 Å². The molecule has 0 heterocycles. The molecule has 0 atom stereocenters. The van der Waals surface area contributed by atoms with Crippen molar-refractivity contribution >= 4 is 12.0 Å². The molecular formula is C12H12N2O2. The molecule has 82 valence electrons. The highest BCUT2D eigenvalue weighted by molar-refractivity contribution is 5.73. The molecule has 0 aliphatic rings. The van der Waals surface area contributed by atoms with Crippen LogP contribution < -0.4 is 5.32 Å². The number of rotatable bonds is 3. The largest absolute Gasteiger partial charge is 0.507 e. The predicted molar refractivity (Wildman–Crippen MR) is 60.5 cm³/mol. The Kier molecular flexibility index (Phi) is 4.10. The normalized spacial score (nSPS) is 10.0. The van der Waals surface area contributed by atoms with Crippen LogP contribution in [0.15, 0.2) is 24.3 Å². The van der Waals surface area contributed by atoms with Crippen molar-refractivity contribution in [3.05, 3.63) is 35.4 Å². The SMILES string of the molecule is CC(=O)NCC=Cc1ccc(C#N)c(O)c1. The zero-order valence-corrected chi connectivity index (χ0v) is 8.90. The summed E-state index contributed by atoms with van der Waals surface area (Å²) in [6.07, 6.45) is 3.53. The molecular weight excluding hydrogens is 204 g/mol. The monoisotopic (exact) mass is 216 g/mol. The number of hydrogen-bond donors (Lipinski definition) is 2. The molecule has 4 heteroatoms. The maximum Gasteiger partial charge on any atom is 0.217 e. The molecule has 1 rings (SSSR count). The molecule has 0 saturated carbocycles. The number of nitrogens with zero attached hydrogens (tertiary/aromatic N) is 1. The fraction of sp³-hybridized carbons (Fsp3) is 0.167. The van der Waals surface area contributed by atoms with Crippen LogP contribution in [0.1, 0.15) is 18.1 Å². The summed E-state index contributed by atoms with van der Waals surface area (Å²) in [7, 11) is 0. The van der Waals surface area contributed by atoms with Gasteiger partial charge in [-0.05, 0) is 17.7 Å². The third-order valence-corrected chi connectivity index (χ3v) is 1.92. The predicted octanol–water partition coefficient (Wildman–Crippen LogP) is 1.41. The standard InChI is InChI=1S/C12H12N2O2/c1-9(15)14-6-2-3-10-4-5-11(8-13)12(16)7-10/h2-5,7,16H,6H2,1H3,(H,14,15). The molecule has 0 fully saturated rings. The Morgan fingerprint density at radius 1 is 1.62 bits per heavy atom. The Morgan fingerprint density at radius 3 is 2.94 bits per heavy atom. The van der Waals surface area contributed by atoms with Gasteiger partial charge < -0.3 is 10.4 Å². The van der Waals surface area contributed by atoms with Gasteiger partial charge in [0.05, 0.1) is 5.56 Å². The van der Waals surface area contributed by atoms with Crippen LogP contribution in [0.25, 0.3) is 6.08 Å². The van der Waals surface area contributed by atoms with Gasteiger partial charge in [-0.15, -0.1) is 0 Å². The number of carbonyl (C=O) groups excluding carboxylic acids is 1. The van der Waals surface area contributed by atoms with E-state index in [2.05, 4.69) is 5.32 Å². The highest BCUT2D eigenvalue weighted by atomic mass is 16.3. The number of aromatic hydroxyl groups is 1. The van der Waals surface area contributed by atoms with Gasteiger partial charge in [0, 0.05) is 13.5 Å². The van der Waals surface area contributed by atoms with Crippen LogP contribution >= 0.6 is 0 Å². The van der Waals surface area contributed by atoms with Gasteiger partial charge in [0.1, 0.15) is 11.8 Å². The van der Waals surface area contributed by atoms with Gasteiger partial charge in [0.25, 0.3) is 0 Å². The van der Waals surface area contributed by atoms with Crippen molar-refractivity contribution in [1.29, 1.82) is 5.26 Å². The smallest absolute Gasteiger partial charge is 0.217 e. The number of amides is 1. The molecule has 0 saturated heterocycles. The van der Waals surface area contributed by atoms with Gasteiger partial charge in [0.15, 0.2) is 0 Å². The summed E-state index contributed by atoms with van der Waals surface area (Å²) in [4.78, 5) is 10.6. The molecule has 4 nitrogen and oxygen atoms in total. The summed E-state index contributed by atoms with van der Waals surface area (Å²) in [5.41, 5.74) is 1.03. The minimum Gasteiger partial charge on any atom is -0.507 e. The first-order valence-corrected chi connectivity index (χ1v) is 4.77. The lowest BCUT2D eigenvalue weighted by atomic mass is 10.1. The quantitative estimate of drug-likeness (QED) is 0.802. The zero-order chi connectivity index (χ0) is 12.0. The van der Waals surface area contributed by atoms with Crippen LogP contribution in [0, 0.1) is 11.3 Å². The maximum atomic E-state index is 10.6. The molecule has 1 amide bonds. The number of benzene rings is 1. The van der Waals surface area contributed by atoms with E-state index in [1.54, 1.807) is 24.3 Å². The van der Waals surface area contributed by atoms with E-state index < -0.39 is 0 Å². The van der Waals surface area contributed by atoms with Crippen LogP contribution in [0.5, 0.6) is 5.75 Å². The Morgan fingerprint density at radius 2 is 2.38 bits per heavy atom. The average molecular weight is 216 g/mol. The summed E-state index contributed by atoms with van der Waals surface area (Å²) in [6, 6.07) is 6.65. The number of carbonyl (C=O) groups is 1. The van der Waals surface area contributed by atoms with E-state index in [9.17, 15) is 9.90 Å². The first-order chi connectivity index (χ1) is 7.63. The third kappa shape index (κ3) is 3.46. The minimum absolute atomic E-state index is 0.0378. The molecule has 0 spiro atoms. The van der Waals surface area contributed by atoms with Crippen LogP contribution in [0.2, 0.25) is 0 Å². The Bertz CT molecular complexity index is 459. The number of phenolic OH excluding ortho intramolecular Hbond substituents is 1. The lowest BCUT2D eigenvalue weighted by Crippen LogP contribution is -2.19. The number of nitriles is 1. The fourth-order valence-corrected chi connectivity index (χ4v) is 1.14. The van der Waals surface area contributed by atoms with Gasteiger partial charge in [-0.2, -0.15) is 5.26 Å². The van der Waals surface area contributed by atoms with Gasteiger partial charge in [-0.1, -0.05) is 18.2 Å². The first-order valence-electron chi connectivity index (χ1n) is 4.77. The summed E-state index contributed by atoms with van der Waals surface area (Å²) < 4.78 is 0. The Labute approximate surface area is 93.8 Å². The molecule has 2 N–H and O–H groups in total. The van der Waals surface area contributed by atoms with E-state index in [1.807, 2.05) is 6.07 Å². The second-order valence-corrected chi connectivity index (χ2v) is 3.23. The van der Waals surface area contributed by atoms with Crippen LogP contribution in [-0.2, 0) is 4.79 Å². The summed E-state index contributed by atoms with van der Waals surface area (Å²) in [5, 5.41) is 20.6. The summed E-state index contributed by atoms with van der Waals surface area (Å²) >= 11 is 0. The van der Waals surface area contributed by atoms with E-state index in [1.165, 1.54) is 13.0 Å². The molecule has 0 bridgehead atoms. The first kappa shape index (κ1) is 11.8. The highest BCUT2D eigenvalue weighted by Gasteiger charge is 1.98. The van der Waals surface area contributed by atoms with Crippen LogP contribution in [0.3, 0.4) is 0 Å². The second-order valence-electron chi connectivity index (χ2n) is 3.23. The number of nitrogens with one attached hydrogen (secondary N) is 1. The fourth-order valence-electron chi connectivity index (χ4n) is 1.14. The Balaban J connectivity index is 2.65. The van der Waals surface area contributed by atoms with Crippen LogP contribution in [-0.4, -0.2) is 17.6 Å². The van der Waals surface area contributed by atoms with E-state index in [-0.39, 0.29) is 17.2 Å². The van der Waals surface area contributed by atoms with E-state index in [0.717, 1.165) is 5.56 Å². The van der Waals surface area contributed by atoms with Crippen molar-refractivity contribution in [2.45, 2.75) is 6.92 Å². The lowest BCUT2D eigenvalue weighted by molar-refractivity contribution is -0.118. The van der Waals surface area contributed by atoms with E-state index in [0.29, 0.717) is 6.54 Å². The molecule has 0 radical (unpaired) electrons. The van der Waals surface area contributed by atoms with Crippen molar-refractivity contribution in [3.8, 4) is 11.8 Å². The molecule has 0 unspecified atom stereocenters. The molecule has 0 aromatic heterocycles. The minimum atomic E-state index is -0.0904. The van der Waals surface area contributed by atoms with Crippen molar-refractivity contribution < 1.29 is 9.90 Å². The molecule has 0 aliphatic carbocycles. The van der Waals surface area contributed by atoms with Crippen molar-refractivity contribution in [1.82, 2.24) is 5.32 Å². The topological polar surface area (TPSA) is 73.1 Å². The van der Waals surface area contributed by atoms with Gasteiger partial charge in [-0.25, -0.2) is 0 Å². The summed E-state index contributed by atoms with van der Waals surface area (Å²) in [6.45, 7) is 1.89. The second kappa shape index (κ2) is 5.56. The zero-order valence-electron chi connectivity index (χ0n) is 8.90. The van der Waals surface area contributed by atoms with Gasteiger partial charge >= 0.3 is 0 Å². The summed E-state index contributed by atoms with van der Waals surface area (Å²) in [5.74, 6) is -0.128. The molecule has 16 heavy (non-hydrogen) atoms. The molecule has 1 aromatic carbocycles. The van der Waals surface area contributed by atoms with Crippen molar-refractivity contribution in [2.24, 2.45) is 0 Å². The Hall–Kier alpha value is -2.28. The van der Waals surface area contributed by atoms with Gasteiger partial charge in [0.2, 0.25) is 5.91 Å². The highest BCUT2D eigenvalue weighted by Crippen LogP contribution is 2.18.